The minimum absolute atomic E-state index is 0. The highest BCUT2D eigenvalue weighted by atomic mass is 35.5. The topological polar surface area (TPSA) is 19.4 Å². The molecule has 0 atom stereocenters. The third-order valence-electron chi connectivity index (χ3n) is 2.85. The van der Waals surface area contributed by atoms with Gasteiger partial charge >= 0.3 is 6.18 Å². The van der Waals surface area contributed by atoms with Gasteiger partial charge in [-0.1, -0.05) is 6.07 Å². The van der Waals surface area contributed by atoms with Crippen LogP contribution in [-0.2, 0) is 6.18 Å². The Bertz CT molecular complexity index is 393. The Morgan fingerprint density at radius 1 is 1.05 bits per heavy atom. The first kappa shape index (κ1) is 18.3. The Balaban J connectivity index is 0.00000162. The smallest absolute Gasteiger partial charge is 0.354 e. The van der Waals surface area contributed by atoms with Crippen LogP contribution in [-0.4, -0.2) is 43.1 Å². The minimum atomic E-state index is -4.37. The number of alkyl halides is 3. The molecule has 0 saturated carbocycles. The van der Waals surface area contributed by atoms with Gasteiger partial charge in [-0.2, -0.15) is 13.2 Å². The average Bonchev–Trinajstić information content (AvgIpc) is 2.29. The fraction of sp³-hybridized carbons (Fsp3) is 0.545. The molecule has 0 spiro atoms. The molecule has 3 nitrogen and oxygen atoms in total. The first-order valence-corrected chi connectivity index (χ1v) is 5.44. The van der Waals surface area contributed by atoms with E-state index in [1.165, 1.54) is 6.07 Å². The largest absolute Gasteiger partial charge is 0.433 e. The highest BCUT2D eigenvalue weighted by Crippen LogP contribution is 2.28. The van der Waals surface area contributed by atoms with Crippen LogP contribution in [0.2, 0.25) is 0 Å². The fourth-order valence-corrected chi connectivity index (χ4v) is 1.79. The Morgan fingerprint density at radius 2 is 1.63 bits per heavy atom. The summed E-state index contributed by atoms with van der Waals surface area (Å²) >= 11 is 0. The van der Waals surface area contributed by atoms with Gasteiger partial charge in [0.1, 0.15) is 11.5 Å². The molecule has 2 rings (SSSR count). The maximum Gasteiger partial charge on any atom is 0.433 e. The zero-order valence-corrected chi connectivity index (χ0v) is 12.0. The predicted molar refractivity (Wildman–Crippen MR) is 73.4 cm³/mol. The molecule has 1 aromatic heterocycles. The number of likely N-dealkylation sites (N-methyl/N-ethyl adjacent to an activating group) is 1. The molecular formula is C11H16Cl2F3N3. The summed E-state index contributed by atoms with van der Waals surface area (Å²) in [5, 5.41) is 0. The molecule has 0 aromatic carbocycles. The number of hydrogen-bond donors (Lipinski definition) is 0. The second-order valence-corrected chi connectivity index (χ2v) is 4.17. The molecule has 1 aliphatic rings. The van der Waals surface area contributed by atoms with E-state index in [9.17, 15) is 13.2 Å². The number of aromatic nitrogens is 1. The van der Waals surface area contributed by atoms with E-state index < -0.39 is 11.9 Å². The van der Waals surface area contributed by atoms with Gasteiger partial charge in [0.25, 0.3) is 0 Å². The van der Waals surface area contributed by atoms with Gasteiger partial charge in [0.05, 0.1) is 0 Å². The van der Waals surface area contributed by atoms with Crippen LogP contribution in [0.15, 0.2) is 18.2 Å². The van der Waals surface area contributed by atoms with Gasteiger partial charge in [0.2, 0.25) is 0 Å². The van der Waals surface area contributed by atoms with E-state index in [1.54, 1.807) is 6.07 Å². The summed E-state index contributed by atoms with van der Waals surface area (Å²) in [5.41, 5.74) is -0.825. The van der Waals surface area contributed by atoms with Gasteiger partial charge in [0.15, 0.2) is 0 Å². The molecule has 0 amide bonds. The van der Waals surface area contributed by atoms with Crippen LogP contribution in [0.25, 0.3) is 0 Å². The van der Waals surface area contributed by atoms with Gasteiger partial charge < -0.3 is 9.80 Å². The van der Waals surface area contributed by atoms with Crippen molar-refractivity contribution in [3.8, 4) is 0 Å². The predicted octanol–water partition coefficient (Wildman–Crippen LogP) is 2.70. The molecule has 1 saturated heterocycles. The van der Waals surface area contributed by atoms with Crippen LogP contribution in [0.4, 0.5) is 19.0 Å². The van der Waals surface area contributed by atoms with Crippen molar-refractivity contribution >= 4 is 30.6 Å². The van der Waals surface area contributed by atoms with Crippen molar-refractivity contribution in [1.82, 2.24) is 9.88 Å². The van der Waals surface area contributed by atoms with Crippen LogP contribution in [0, 0.1) is 0 Å². The minimum Gasteiger partial charge on any atom is -0.354 e. The zero-order valence-electron chi connectivity index (χ0n) is 10.4. The Kier molecular flexibility index (Phi) is 6.89. The summed E-state index contributed by atoms with van der Waals surface area (Å²) in [6.45, 7) is 3.12. The number of pyridine rings is 1. The van der Waals surface area contributed by atoms with Gasteiger partial charge in [-0.05, 0) is 19.2 Å². The Morgan fingerprint density at radius 3 is 2.16 bits per heavy atom. The molecule has 19 heavy (non-hydrogen) atoms. The van der Waals surface area contributed by atoms with Gasteiger partial charge in [-0.15, -0.1) is 24.8 Å². The number of rotatable bonds is 1. The second kappa shape index (κ2) is 7.17. The van der Waals surface area contributed by atoms with Crippen LogP contribution >= 0.6 is 24.8 Å². The van der Waals surface area contributed by atoms with E-state index in [0.717, 1.165) is 19.2 Å². The monoisotopic (exact) mass is 317 g/mol. The molecule has 0 aliphatic carbocycles. The summed E-state index contributed by atoms with van der Waals surface area (Å²) < 4.78 is 37.5. The SMILES string of the molecule is CN1CCN(c2cccc(C(F)(F)F)n2)CC1.Cl.Cl. The third-order valence-corrected chi connectivity index (χ3v) is 2.85. The standard InChI is InChI=1S/C11H14F3N3.2ClH/c1-16-5-7-17(8-6-16)10-4-2-3-9(15-10)11(12,13)14;;/h2-4H,5-8H2,1H3;2*1H. The highest BCUT2D eigenvalue weighted by Gasteiger charge is 2.33. The Labute approximate surface area is 122 Å². The van der Waals surface area contributed by atoms with Crippen molar-refractivity contribution in [3.63, 3.8) is 0 Å². The molecule has 8 heteroatoms. The van der Waals surface area contributed by atoms with Crippen molar-refractivity contribution in [2.45, 2.75) is 6.18 Å². The van der Waals surface area contributed by atoms with Crippen molar-refractivity contribution in [2.24, 2.45) is 0 Å². The molecule has 0 N–H and O–H groups in total. The summed E-state index contributed by atoms with van der Waals surface area (Å²) in [4.78, 5) is 7.70. The van der Waals surface area contributed by atoms with Crippen LogP contribution in [0.1, 0.15) is 5.69 Å². The fourth-order valence-electron chi connectivity index (χ4n) is 1.79. The third kappa shape index (κ3) is 4.71. The molecule has 1 fully saturated rings. The van der Waals surface area contributed by atoms with Crippen molar-refractivity contribution < 1.29 is 13.2 Å². The first-order valence-electron chi connectivity index (χ1n) is 5.44. The van der Waals surface area contributed by atoms with E-state index in [0.29, 0.717) is 18.9 Å². The van der Waals surface area contributed by atoms with Crippen molar-refractivity contribution in [1.29, 1.82) is 0 Å². The number of nitrogens with zero attached hydrogens (tertiary/aromatic N) is 3. The lowest BCUT2D eigenvalue weighted by atomic mass is 10.3. The summed E-state index contributed by atoms with van der Waals surface area (Å²) in [7, 11) is 2.00. The maximum absolute atomic E-state index is 12.5. The lowest BCUT2D eigenvalue weighted by Crippen LogP contribution is -2.44. The lowest BCUT2D eigenvalue weighted by Gasteiger charge is -2.33. The van der Waals surface area contributed by atoms with Gasteiger partial charge in [-0.25, -0.2) is 4.98 Å². The van der Waals surface area contributed by atoms with Crippen LogP contribution in [0.5, 0.6) is 0 Å². The van der Waals surface area contributed by atoms with Gasteiger partial charge in [-0.3, -0.25) is 0 Å². The second-order valence-electron chi connectivity index (χ2n) is 4.17. The number of halogens is 5. The van der Waals surface area contributed by atoms with E-state index in [4.69, 9.17) is 0 Å². The molecule has 110 valence electrons. The quantitative estimate of drug-likeness (QED) is 0.794. The van der Waals surface area contributed by atoms with E-state index >= 15 is 0 Å². The molecule has 1 aromatic rings. The van der Waals surface area contributed by atoms with E-state index in [2.05, 4.69) is 9.88 Å². The zero-order chi connectivity index (χ0) is 12.5. The number of anilines is 1. The van der Waals surface area contributed by atoms with E-state index in [1.807, 2.05) is 11.9 Å². The van der Waals surface area contributed by atoms with Crippen molar-refractivity contribution in [3.05, 3.63) is 23.9 Å². The molecule has 0 unspecified atom stereocenters. The average molecular weight is 318 g/mol. The normalized spacial score (nSPS) is 16.5. The van der Waals surface area contributed by atoms with Gasteiger partial charge in [0, 0.05) is 26.2 Å². The molecule has 0 bridgehead atoms. The summed E-state index contributed by atoms with van der Waals surface area (Å²) in [6, 6.07) is 4.03. The molecular weight excluding hydrogens is 302 g/mol. The number of piperazine rings is 1. The van der Waals surface area contributed by atoms with Crippen molar-refractivity contribution in [2.75, 3.05) is 38.1 Å². The summed E-state index contributed by atoms with van der Waals surface area (Å²) in [5.74, 6) is 0.410. The first-order chi connectivity index (χ1) is 7.97. The van der Waals surface area contributed by atoms with E-state index in [-0.39, 0.29) is 24.8 Å². The molecule has 2 heterocycles. The summed E-state index contributed by atoms with van der Waals surface area (Å²) in [6.07, 6.45) is -4.37. The Hall–Kier alpha value is -0.720. The van der Waals surface area contributed by atoms with Crippen LogP contribution < -0.4 is 4.90 Å². The maximum atomic E-state index is 12.5. The van der Waals surface area contributed by atoms with Crippen LogP contribution in [0.3, 0.4) is 0 Å². The highest BCUT2D eigenvalue weighted by molar-refractivity contribution is 5.85. The number of hydrogen-bond acceptors (Lipinski definition) is 3. The molecule has 1 aliphatic heterocycles. The molecule has 0 radical (unpaired) electrons. The lowest BCUT2D eigenvalue weighted by molar-refractivity contribution is -0.141.